The van der Waals surface area contributed by atoms with Gasteiger partial charge in [0.25, 0.3) is 0 Å². The van der Waals surface area contributed by atoms with Crippen molar-refractivity contribution in [2.45, 2.75) is 24.1 Å². The second kappa shape index (κ2) is 8.71. The van der Waals surface area contributed by atoms with E-state index >= 15 is 0 Å². The van der Waals surface area contributed by atoms with E-state index < -0.39 is 11.6 Å². The van der Waals surface area contributed by atoms with Gasteiger partial charge in [-0.3, -0.25) is 9.69 Å². The monoisotopic (exact) mass is 441 g/mol. The summed E-state index contributed by atoms with van der Waals surface area (Å²) in [6, 6.07) is 28.4. The molecule has 2 amide bonds. The van der Waals surface area contributed by atoms with Gasteiger partial charge in [0.15, 0.2) is 5.60 Å². The normalized spacial score (nSPS) is 20.2. The van der Waals surface area contributed by atoms with E-state index in [0.717, 1.165) is 16.7 Å². The molecule has 5 rings (SSSR count). The molecule has 0 aromatic heterocycles. The van der Waals surface area contributed by atoms with Crippen molar-refractivity contribution in [1.29, 1.82) is 0 Å². The van der Waals surface area contributed by atoms with Crippen molar-refractivity contribution in [3.63, 3.8) is 0 Å². The SMILES string of the molecule is N[C@H](Cc1ccccc1)C(=O)N1CCN2C(=O)OC(c3ccccc3)(c3ccccc3)C2C1. The number of hydrogen-bond acceptors (Lipinski definition) is 4. The number of piperazine rings is 1. The van der Waals surface area contributed by atoms with Gasteiger partial charge in [-0.05, 0) is 12.0 Å². The van der Waals surface area contributed by atoms with E-state index in [4.69, 9.17) is 10.5 Å². The summed E-state index contributed by atoms with van der Waals surface area (Å²) >= 11 is 0. The Labute approximate surface area is 193 Å². The zero-order chi connectivity index (χ0) is 22.8. The summed E-state index contributed by atoms with van der Waals surface area (Å²) < 4.78 is 6.17. The Morgan fingerprint density at radius 1 is 0.909 bits per heavy atom. The van der Waals surface area contributed by atoms with Gasteiger partial charge >= 0.3 is 6.09 Å². The number of rotatable bonds is 5. The molecule has 0 radical (unpaired) electrons. The third-order valence-corrected chi connectivity index (χ3v) is 6.67. The van der Waals surface area contributed by atoms with Crippen LogP contribution in [0.1, 0.15) is 16.7 Å². The molecule has 6 heteroatoms. The Hall–Kier alpha value is -3.64. The highest BCUT2D eigenvalue weighted by Crippen LogP contribution is 2.45. The van der Waals surface area contributed by atoms with Crippen LogP contribution in [0, 0.1) is 0 Å². The summed E-state index contributed by atoms with van der Waals surface area (Å²) in [4.78, 5) is 29.9. The van der Waals surface area contributed by atoms with E-state index in [-0.39, 0.29) is 18.0 Å². The Morgan fingerprint density at radius 3 is 2.03 bits per heavy atom. The smallest absolute Gasteiger partial charge is 0.411 e. The quantitative estimate of drug-likeness (QED) is 0.660. The molecule has 0 bridgehead atoms. The Bertz CT molecular complexity index is 1080. The van der Waals surface area contributed by atoms with Crippen LogP contribution in [0.15, 0.2) is 91.0 Å². The Balaban J connectivity index is 1.47. The minimum Gasteiger partial charge on any atom is -0.431 e. The maximum Gasteiger partial charge on any atom is 0.411 e. The maximum absolute atomic E-state index is 13.3. The number of nitrogens with zero attached hydrogens (tertiary/aromatic N) is 2. The molecule has 2 saturated heterocycles. The van der Waals surface area contributed by atoms with Crippen molar-refractivity contribution >= 4 is 12.0 Å². The van der Waals surface area contributed by atoms with Gasteiger partial charge in [0.1, 0.15) is 6.04 Å². The summed E-state index contributed by atoms with van der Waals surface area (Å²) in [5, 5.41) is 0. The lowest BCUT2D eigenvalue weighted by Crippen LogP contribution is -2.60. The highest BCUT2D eigenvalue weighted by atomic mass is 16.6. The number of carbonyl (C=O) groups excluding carboxylic acids is 2. The molecule has 0 spiro atoms. The maximum atomic E-state index is 13.3. The topological polar surface area (TPSA) is 75.9 Å². The van der Waals surface area contributed by atoms with E-state index in [2.05, 4.69) is 0 Å². The van der Waals surface area contributed by atoms with E-state index in [9.17, 15) is 9.59 Å². The fraction of sp³-hybridized carbons (Fsp3) is 0.259. The molecule has 6 nitrogen and oxygen atoms in total. The predicted molar refractivity (Wildman–Crippen MR) is 125 cm³/mol. The minimum atomic E-state index is -0.998. The number of benzene rings is 3. The average Bonchev–Trinajstić information content (AvgIpc) is 3.18. The Morgan fingerprint density at radius 2 is 1.45 bits per heavy atom. The number of cyclic esters (lactones) is 1. The third-order valence-electron chi connectivity index (χ3n) is 6.67. The number of hydrogen-bond donors (Lipinski definition) is 1. The van der Waals surface area contributed by atoms with Crippen LogP contribution in [-0.4, -0.2) is 53.5 Å². The van der Waals surface area contributed by atoms with E-state index in [1.807, 2.05) is 91.0 Å². The number of amides is 2. The molecule has 2 aliphatic heterocycles. The zero-order valence-electron chi connectivity index (χ0n) is 18.3. The van der Waals surface area contributed by atoms with Crippen molar-refractivity contribution in [3.05, 3.63) is 108 Å². The summed E-state index contributed by atoms with van der Waals surface area (Å²) in [6.07, 6.45) is 0.121. The van der Waals surface area contributed by atoms with Crippen LogP contribution in [0.5, 0.6) is 0 Å². The molecule has 3 aromatic carbocycles. The lowest BCUT2D eigenvalue weighted by molar-refractivity contribution is -0.135. The molecule has 2 atom stereocenters. The second-order valence-electron chi connectivity index (χ2n) is 8.63. The van der Waals surface area contributed by atoms with Crippen molar-refractivity contribution in [2.75, 3.05) is 19.6 Å². The van der Waals surface area contributed by atoms with Crippen LogP contribution in [0.2, 0.25) is 0 Å². The first-order valence-corrected chi connectivity index (χ1v) is 11.3. The summed E-state index contributed by atoms with van der Waals surface area (Å²) in [5.41, 5.74) is 8.14. The minimum absolute atomic E-state index is 0.104. The number of ether oxygens (including phenoxy) is 1. The van der Waals surface area contributed by atoms with Gasteiger partial charge in [0, 0.05) is 30.8 Å². The molecule has 33 heavy (non-hydrogen) atoms. The van der Waals surface area contributed by atoms with Gasteiger partial charge in [0.05, 0.1) is 6.04 Å². The first-order valence-electron chi connectivity index (χ1n) is 11.3. The van der Waals surface area contributed by atoms with E-state index in [1.54, 1.807) is 9.80 Å². The molecule has 0 aliphatic carbocycles. The molecule has 3 aromatic rings. The average molecular weight is 442 g/mol. The highest BCUT2D eigenvalue weighted by Gasteiger charge is 2.58. The lowest BCUT2D eigenvalue weighted by atomic mass is 9.79. The van der Waals surface area contributed by atoms with Gasteiger partial charge < -0.3 is 15.4 Å². The highest BCUT2D eigenvalue weighted by molar-refractivity contribution is 5.83. The molecular formula is C27H27N3O3. The molecule has 2 fully saturated rings. The second-order valence-corrected chi connectivity index (χ2v) is 8.63. The molecule has 2 N–H and O–H groups in total. The summed E-state index contributed by atoms with van der Waals surface area (Å²) in [5.74, 6) is -0.104. The molecule has 1 unspecified atom stereocenters. The van der Waals surface area contributed by atoms with Crippen molar-refractivity contribution in [1.82, 2.24) is 9.80 Å². The standard InChI is InChI=1S/C27H27N3O3/c28-23(18-20-10-4-1-5-11-20)25(31)29-16-17-30-24(19-29)27(33-26(30)32,21-12-6-2-7-13-21)22-14-8-3-9-15-22/h1-15,23-24H,16-19,28H2/t23-,24?/m1/s1. The van der Waals surface area contributed by atoms with Crippen LogP contribution in [0.4, 0.5) is 4.79 Å². The number of nitrogens with two attached hydrogens (primary N) is 1. The number of fused-ring (bicyclic) bond motifs is 1. The van der Waals surface area contributed by atoms with Gasteiger partial charge in [0.2, 0.25) is 5.91 Å². The van der Waals surface area contributed by atoms with Crippen molar-refractivity contribution in [2.24, 2.45) is 5.73 Å². The fourth-order valence-corrected chi connectivity index (χ4v) is 5.04. The van der Waals surface area contributed by atoms with Crippen LogP contribution < -0.4 is 5.73 Å². The van der Waals surface area contributed by atoms with Gasteiger partial charge in [-0.2, -0.15) is 0 Å². The molecule has 2 aliphatic rings. The lowest BCUT2D eigenvalue weighted by Gasteiger charge is -2.42. The van der Waals surface area contributed by atoms with Crippen molar-refractivity contribution < 1.29 is 14.3 Å². The van der Waals surface area contributed by atoms with E-state index in [1.165, 1.54) is 0 Å². The third kappa shape index (κ3) is 3.76. The van der Waals surface area contributed by atoms with Gasteiger partial charge in [-0.1, -0.05) is 91.0 Å². The van der Waals surface area contributed by atoms with Crippen molar-refractivity contribution in [3.8, 4) is 0 Å². The van der Waals surface area contributed by atoms with Crippen LogP contribution >= 0.6 is 0 Å². The first-order chi connectivity index (χ1) is 16.1. The Kier molecular flexibility index (Phi) is 5.60. The zero-order valence-corrected chi connectivity index (χ0v) is 18.3. The predicted octanol–water partition coefficient (Wildman–Crippen LogP) is 3.16. The molecular weight excluding hydrogens is 414 g/mol. The molecule has 0 saturated carbocycles. The van der Waals surface area contributed by atoms with Gasteiger partial charge in [-0.25, -0.2) is 4.79 Å². The van der Waals surface area contributed by atoms with Gasteiger partial charge in [-0.15, -0.1) is 0 Å². The molecule has 2 heterocycles. The van der Waals surface area contributed by atoms with Crippen LogP contribution in [0.25, 0.3) is 0 Å². The largest absolute Gasteiger partial charge is 0.431 e. The van der Waals surface area contributed by atoms with Crippen LogP contribution in [0.3, 0.4) is 0 Å². The van der Waals surface area contributed by atoms with E-state index in [0.29, 0.717) is 26.1 Å². The first kappa shape index (κ1) is 21.2. The fourth-order valence-electron chi connectivity index (χ4n) is 5.04. The summed E-state index contributed by atoms with van der Waals surface area (Å²) in [7, 11) is 0. The summed E-state index contributed by atoms with van der Waals surface area (Å²) in [6.45, 7) is 1.21. The number of carbonyl (C=O) groups is 2. The van der Waals surface area contributed by atoms with Crippen LogP contribution in [-0.2, 0) is 21.6 Å². The molecule has 168 valence electrons.